The Bertz CT molecular complexity index is 939. The Morgan fingerprint density at radius 2 is 1.56 bits per heavy atom. The number of alkyl halides is 2. The van der Waals surface area contributed by atoms with E-state index in [0.29, 0.717) is 19.5 Å². The minimum atomic E-state index is -3.36. The van der Waals surface area contributed by atoms with Crippen molar-refractivity contribution in [3.05, 3.63) is 35.4 Å². The standard InChI is InChI=1S/C23H32F4N2O3S.ClH/c1-3-15-33(31,32)29-13-11-28(12-14-29)22(7-9-23(26,27)10-8-22)17(2)16-20(30)21-18(24)5-4-6-19(21)25;/h4-6,17H,3,7-16H2,1-2H3;1H. The average molecular weight is 529 g/mol. The minimum absolute atomic E-state index is 0. The molecular weight excluding hydrogens is 496 g/mol. The van der Waals surface area contributed by atoms with E-state index in [9.17, 15) is 30.8 Å². The number of nitrogens with zero attached hydrogens (tertiary/aromatic N) is 2. The van der Waals surface area contributed by atoms with Gasteiger partial charge >= 0.3 is 0 Å². The molecule has 1 aromatic carbocycles. The summed E-state index contributed by atoms with van der Waals surface area (Å²) >= 11 is 0. The SMILES string of the molecule is CCCS(=O)(=O)N1CCN(C2(C(C)CC(=O)c3c(F)cccc3F)CCC(F)(F)CC2)CC1.Cl. The first kappa shape index (κ1) is 29.0. The predicted molar refractivity (Wildman–Crippen MR) is 125 cm³/mol. The van der Waals surface area contributed by atoms with Crippen molar-refractivity contribution >= 4 is 28.2 Å². The molecule has 1 atom stereocenters. The van der Waals surface area contributed by atoms with E-state index in [1.165, 1.54) is 10.4 Å². The number of sulfonamides is 1. The third-order valence-corrected chi connectivity index (χ3v) is 9.30. The largest absolute Gasteiger partial charge is 0.295 e. The number of hydrogen-bond acceptors (Lipinski definition) is 4. The molecule has 0 amide bonds. The van der Waals surface area contributed by atoms with Gasteiger partial charge in [-0.3, -0.25) is 9.69 Å². The Kier molecular flexibility index (Phi) is 9.57. The zero-order valence-corrected chi connectivity index (χ0v) is 21.2. The number of carbonyl (C=O) groups is 1. The van der Waals surface area contributed by atoms with Crippen molar-refractivity contribution in [1.29, 1.82) is 0 Å². The fourth-order valence-corrected chi connectivity index (χ4v) is 6.80. The summed E-state index contributed by atoms with van der Waals surface area (Å²) in [6, 6.07) is 3.23. The topological polar surface area (TPSA) is 57.7 Å². The maximum Gasteiger partial charge on any atom is 0.248 e. The van der Waals surface area contributed by atoms with Gasteiger partial charge in [0.2, 0.25) is 15.9 Å². The fraction of sp³-hybridized carbons (Fsp3) is 0.696. The summed E-state index contributed by atoms with van der Waals surface area (Å²) < 4.78 is 82.6. The molecule has 1 aromatic rings. The third kappa shape index (κ3) is 6.12. The lowest BCUT2D eigenvalue weighted by Crippen LogP contribution is -2.62. The van der Waals surface area contributed by atoms with Crippen LogP contribution in [0, 0.1) is 17.6 Å². The van der Waals surface area contributed by atoms with Crippen molar-refractivity contribution in [2.45, 2.75) is 63.8 Å². The van der Waals surface area contributed by atoms with Crippen LogP contribution >= 0.6 is 12.4 Å². The van der Waals surface area contributed by atoms with Gasteiger partial charge in [-0.1, -0.05) is 19.9 Å². The van der Waals surface area contributed by atoms with Crippen LogP contribution < -0.4 is 0 Å². The number of ketones is 1. The molecule has 0 aromatic heterocycles. The molecule has 34 heavy (non-hydrogen) atoms. The van der Waals surface area contributed by atoms with E-state index in [2.05, 4.69) is 0 Å². The summed E-state index contributed by atoms with van der Waals surface area (Å²) in [5.74, 6) is -5.75. The summed E-state index contributed by atoms with van der Waals surface area (Å²) in [6.07, 6.45) is -0.0845. The maximum atomic E-state index is 14.1. The second kappa shape index (κ2) is 11.2. The van der Waals surface area contributed by atoms with Crippen LogP contribution in [0.5, 0.6) is 0 Å². The molecule has 1 saturated carbocycles. The van der Waals surface area contributed by atoms with Crippen LogP contribution in [0.3, 0.4) is 0 Å². The number of piperazine rings is 1. The van der Waals surface area contributed by atoms with Crippen molar-refractivity contribution in [2.75, 3.05) is 31.9 Å². The van der Waals surface area contributed by atoms with Gasteiger partial charge in [-0.15, -0.1) is 12.4 Å². The van der Waals surface area contributed by atoms with Crippen molar-refractivity contribution in [1.82, 2.24) is 9.21 Å². The van der Waals surface area contributed by atoms with Crippen LogP contribution in [-0.4, -0.2) is 66.8 Å². The number of halogens is 5. The van der Waals surface area contributed by atoms with Gasteiger partial charge in [-0.2, -0.15) is 4.31 Å². The quantitative estimate of drug-likeness (QED) is 0.356. The van der Waals surface area contributed by atoms with Gasteiger partial charge in [0.1, 0.15) is 11.6 Å². The number of benzene rings is 1. The van der Waals surface area contributed by atoms with E-state index in [4.69, 9.17) is 0 Å². The molecule has 1 saturated heterocycles. The monoisotopic (exact) mass is 528 g/mol. The molecule has 0 spiro atoms. The average Bonchev–Trinajstić information content (AvgIpc) is 2.74. The van der Waals surface area contributed by atoms with Gasteiger partial charge in [-0.05, 0) is 37.3 Å². The maximum absolute atomic E-state index is 14.1. The second-order valence-electron chi connectivity index (χ2n) is 9.29. The number of rotatable bonds is 8. The highest BCUT2D eigenvalue weighted by Gasteiger charge is 2.50. The van der Waals surface area contributed by atoms with Gasteiger partial charge in [0.05, 0.1) is 11.3 Å². The van der Waals surface area contributed by atoms with Crippen molar-refractivity contribution in [2.24, 2.45) is 5.92 Å². The van der Waals surface area contributed by atoms with E-state index in [0.717, 1.165) is 12.1 Å². The fourth-order valence-electron chi connectivity index (χ4n) is 5.30. The molecule has 3 rings (SSSR count). The van der Waals surface area contributed by atoms with Crippen molar-refractivity contribution in [3.8, 4) is 0 Å². The number of carbonyl (C=O) groups excluding carboxylic acids is 1. The van der Waals surface area contributed by atoms with Gasteiger partial charge in [0, 0.05) is 51.0 Å². The molecule has 0 radical (unpaired) electrons. The normalized spacial score (nSPS) is 22.1. The molecule has 2 fully saturated rings. The Balaban J connectivity index is 0.00000408. The second-order valence-corrected chi connectivity index (χ2v) is 11.4. The van der Waals surface area contributed by atoms with Crippen LogP contribution in [0.2, 0.25) is 0 Å². The minimum Gasteiger partial charge on any atom is -0.295 e. The zero-order valence-electron chi connectivity index (χ0n) is 19.5. The van der Waals surface area contributed by atoms with Gasteiger partial charge in [0.25, 0.3) is 0 Å². The van der Waals surface area contributed by atoms with E-state index in [-0.39, 0.29) is 63.4 Å². The Morgan fingerprint density at radius 3 is 2.06 bits per heavy atom. The Morgan fingerprint density at radius 1 is 1.03 bits per heavy atom. The smallest absolute Gasteiger partial charge is 0.248 e. The van der Waals surface area contributed by atoms with Crippen molar-refractivity contribution in [3.63, 3.8) is 0 Å². The molecular formula is C23H33ClF4N2O3S. The molecule has 5 nitrogen and oxygen atoms in total. The van der Waals surface area contributed by atoms with E-state index < -0.39 is 50.4 Å². The van der Waals surface area contributed by atoms with Crippen LogP contribution in [-0.2, 0) is 10.0 Å². The predicted octanol–water partition coefficient (Wildman–Crippen LogP) is 4.90. The summed E-state index contributed by atoms with van der Waals surface area (Å²) in [7, 11) is -3.36. The molecule has 194 valence electrons. The lowest BCUT2D eigenvalue weighted by atomic mass is 9.69. The summed E-state index contributed by atoms with van der Waals surface area (Å²) in [5.41, 5.74) is -1.37. The van der Waals surface area contributed by atoms with Gasteiger partial charge in [-0.25, -0.2) is 26.0 Å². The molecule has 1 aliphatic heterocycles. The molecule has 0 N–H and O–H groups in total. The molecule has 1 aliphatic carbocycles. The summed E-state index contributed by atoms with van der Waals surface area (Å²) in [5, 5.41) is 0. The van der Waals surface area contributed by atoms with Crippen LogP contribution in [0.4, 0.5) is 17.6 Å². The Hall–Kier alpha value is -1.23. The van der Waals surface area contributed by atoms with E-state index in [1.807, 2.05) is 4.90 Å². The summed E-state index contributed by atoms with van der Waals surface area (Å²) in [6.45, 7) is 4.79. The molecule has 11 heteroatoms. The molecule has 1 unspecified atom stereocenters. The van der Waals surface area contributed by atoms with Crippen molar-refractivity contribution < 1.29 is 30.8 Å². The first-order chi connectivity index (χ1) is 15.4. The van der Waals surface area contributed by atoms with Crippen LogP contribution in [0.25, 0.3) is 0 Å². The highest BCUT2D eigenvalue weighted by atomic mass is 35.5. The highest BCUT2D eigenvalue weighted by Crippen LogP contribution is 2.47. The Labute approximate surface area is 205 Å². The molecule has 1 heterocycles. The van der Waals surface area contributed by atoms with Gasteiger partial charge < -0.3 is 0 Å². The van der Waals surface area contributed by atoms with E-state index in [1.54, 1.807) is 13.8 Å². The highest BCUT2D eigenvalue weighted by molar-refractivity contribution is 7.89. The first-order valence-corrected chi connectivity index (χ1v) is 13.1. The van der Waals surface area contributed by atoms with Crippen LogP contribution in [0.1, 0.15) is 62.7 Å². The summed E-state index contributed by atoms with van der Waals surface area (Å²) in [4.78, 5) is 14.8. The first-order valence-electron chi connectivity index (χ1n) is 11.5. The van der Waals surface area contributed by atoms with Crippen LogP contribution in [0.15, 0.2) is 18.2 Å². The van der Waals surface area contributed by atoms with E-state index >= 15 is 0 Å². The molecule has 0 bridgehead atoms. The number of Topliss-reactive ketones (excluding diaryl/α,β-unsaturated/α-hetero) is 1. The lowest BCUT2D eigenvalue weighted by molar-refractivity contribution is -0.103. The third-order valence-electron chi connectivity index (χ3n) is 7.22. The molecule has 2 aliphatic rings. The zero-order chi connectivity index (χ0) is 24.4. The number of hydrogen-bond donors (Lipinski definition) is 0. The van der Waals surface area contributed by atoms with Gasteiger partial charge in [0.15, 0.2) is 5.78 Å². The lowest BCUT2D eigenvalue weighted by Gasteiger charge is -2.53.